The van der Waals surface area contributed by atoms with E-state index in [2.05, 4.69) is 48.2 Å². The number of anilines is 2. The lowest BCUT2D eigenvalue weighted by Gasteiger charge is -2.33. The number of amides is 2. The number of rotatable bonds is 4. The minimum Gasteiger partial charge on any atom is -0.470 e. The lowest BCUT2D eigenvalue weighted by molar-refractivity contribution is 0.103. The maximum Gasteiger partial charge on any atom is 0.321 e. The summed E-state index contributed by atoms with van der Waals surface area (Å²) in [6.45, 7) is 7.76. The van der Waals surface area contributed by atoms with Crippen LogP contribution in [0.5, 0.6) is 5.88 Å². The molecule has 2 amide bonds. The van der Waals surface area contributed by atoms with Crippen LogP contribution in [-0.2, 0) is 5.41 Å². The number of hydrogen-bond acceptors (Lipinski definition) is 5. The van der Waals surface area contributed by atoms with Crippen molar-refractivity contribution in [2.45, 2.75) is 45.1 Å². The van der Waals surface area contributed by atoms with Crippen molar-refractivity contribution in [2.24, 2.45) is 0 Å². The Kier molecular flexibility index (Phi) is 6.25. The molecule has 7 heteroatoms. The molecule has 0 saturated carbocycles. The van der Waals surface area contributed by atoms with Gasteiger partial charge in [-0.05, 0) is 36.0 Å². The van der Waals surface area contributed by atoms with E-state index in [-0.39, 0.29) is 17.6 Å². The SMILES string of the molecule is CN(C)c1nccnc1OC1CCCN(C(=O)Nc2ccc(C(C)(C)C)cc2)C1. The highest BCUT2D eigenvalue weighted by atomic mass is 16.5. The molecule has 1 N–H and O–H groups in total. The van der Waals surface area contributed by atoms with Gasteiger partial charge in [-0.3, -0.25) is 0 Å². The van der Waals surface area contributed by atoms with Crippen molar-refractivity contribution in [3.63, 3.8) is 0 Å². The summed E-state index contributed by atoms with van der Waals surface area (Å²) in [5.41, 5.74) is 2.13. The molecule has 1 aromatic carbocycles. The molecule has 0 spiro atoms. The third kappa shape index (κ3) is 5.37. The van der Waals surface area contributed by atoms with Crippen LogP contribution in [0, 0.1) is 0 Å². The minimum atomic E-state index is -0.104. The average Bonchev–Trinajstić information content (AvgIpc) is 2.68. The summed E-state index contributed by atoms with van der Waals surface area (Å²) in [5.74, 6) is 1.19. The van der Waals surface area contributed by atoms with Crippen molar-refractivity contribution in [3.8, 4) is 5.88 Å². The van der Waals surface area contributed by atoms with Crippen LogP contribution >= 0.6 is 0 Å². The summed E-state index contributed by atoms with van der Waals surface area (Å²) in [7, 11) is 3.81. The Labute approximate surface area is 173 Å². The summed E-state index contributed by atoms with van der Waals surface area (Å²) >= 11 is 0. The van der Waals surface area contributed by atoms with Gasteiger partial charge in [-0.1, -0.05) is 32.9 Å². The van der Waals surface area contributed by atoms with Crippen LogP contribution in [-0.4, -0.2) is 54.2 Å². The summed E-state index contributed by atoms with van der Waals surface area (Å²) in [5, 5.41) is 3.00. The normalized spacial score (nSPS) is 17.0. The van der Waals surface area contributed by atoms with Crippen LogP contribution in [0.4, 0.5) is 16.3 Å². The Bertz CT molecular complexity index is 830. The second-order valence-electron chi connectivity index (χ2n) is 8.67. The minimum absolute atomic E-state index is 0.0890. The standard InChI is InChI=1S/C22H31N5O2/c1-22(2,3)16-8-10-17(11-9-16)25-21(28)27-14-6-7-18(15-27)29-20-19(26(4)5)23-12-13-24-20/h8-13,18H,6-7,14-15H2,1-5H3,(H,25,28). The Morgan fingerprint density at radius 1 is 1.17 bits per heavy atom. The monoisotopic (exact) mass is 397 g/mol. The average molecular weight is 398 g/mol. The van der Waals surface area contributed by atoms with E-state index in [1.165, 1.54) is 5.56 Å². The van der Waals surface area contributed by atoms with E-state index in [0.29, 0.717) is 24.8 Å². The fourth-order valence-electron chi connectivity index (χ4n) is 3.34. The van der Waals surface area contributed by atoms with Gasteiger partial charge in [0.05, 0.1) is 6.54 Å². The fraction of sp³-hybridized carbons (Fsp3) is 0.500. The molecule has 1 unspecified atom stereocenters. The maximum absolute atomic E-state index is 12.7. The van der Waals surface area contributed by atoms with Crippen LogP contribution in [0.25, 0.3) is 0 Å². The summed E-state index contributed by atoms with van der Waals surface area (Å²) < 4.78 is 6.09. The van der Waals surface area contributed by atoms with Crippen molar-refractivity contribution < 1.29 is 9.53 Å². The molecule has 0 radical (unpaired) electrons. The Hall–Kier alpha value is -2.83. The third-order valence-corrected chi connectivity index (χ3v) is 5.02. The summed E-state index contributed by atoms with van der Waals surface area (Å²) in [6, 6.07) is 7.94. The number of nitrogens with zero attached hydrogens (tertiary/aromatic N) is 4. The largest absolute Gasteiger partial charge is 0.470 e. The second kappa shape index (κ2) is 8.68. The van der Waals surface area contributed by atoms with Crippen molar-refractivity contribution in [1.82, 2.24) is 14.9 Å². The van der Waals surface area contributed by atoms with Gasteiger partial charge in [0.25, 0.3) is 5.88 Å². The third-order valence-electron chi connectivity index (χ3n) is 5.02. The zero-order valence-electron chi connectivity index (χ0n) is 18.0. The number of carbonyl (C=O) groups excluding carboxylic acids is 1. The van der Waals surface area contributed by atoms with Crippen molar-refractivity contribution in [3.05, 3.63) is 42.2 Å². The quantitative estimate of drug-likeness (QED) is 0.847. The van der Waals surface area contributed by atoms with Gasteiger partial charge >= 0.3 is 6.03 Å². The predicted molar refractivity (Wildman–Crippen MR) is 116 cm³/mol. The van der Waals surface area contributed by atoms with Crippen LogP contribution in [0.3, 0.4) is 0 Å². The van der Waals surface area contributed by atoms with E-state index in [9.17, 15) is 4.79 Å². The number of benzene rings is 1. The molecule has 1 aliphatic rings. The van der Waals surface area contributed by atoms with Crippen molar-refractivity contribution in [2.75, 3.05) is 37.4 Å². The van der Waals surface area contributed by atoms with E-state index in [1.807, 2.05) is 31.1 Å². The molecule has 2 heterocycles. The summed E-state index contributed by atoms with van der Waals surface area (Å²) in [6.07, 6.45) is 4.93. The van der Waals surface area contributed by atoms with Gasteiger partial charge in [0.15, 0.2) is 5.82 Å². The van der Waals surface area contributed by atoms with E-state index < -0.39 is 0 Å². The van der Waals surface area contributed by atoms with Crippen LogP contribution in [0.2, 0.25) is 0 Å². The zero-order chi connectivity index (χ0) is 21.0. The highest BCUT2D eigenvalue weighted by Gasteiger charge is 2.26. The van der Waals surface area contributed by atoms with Crippen LogP contribution in [0.15, 0.2) is 36.7 Å². The zero-order valence-corrected chi connectivity index (χ0v) is 18.0. The first kappa shape index (κ1) is 20.9. The Morgan fingerprint density at radius 3 is 2.52 bits per heavy atom. The molecule has 2 aromatic rings. The fourth-order valence-corrected chi connectivity index (χ4v) is 3.34. The number of urea groups is 1. The van der Waals surface area contributed by atoms with Gasteiger partial charge in [0.1, 0.15) is 6.10 Å². The summed E-state index contributed by atoms with van der Waals surface area (Å²) in [4.78, 5) is 25.1. The second-order valence-corrected chi connectivity index (χ2v) is 8.67. The molecule has 1 aromatic heterocycles. The molecule has 156 valence electrons. The molecule has 1 atom stereocenters. The number of ether oxygens (including phenoxy) is 1. The first-order valence-electron chi connectivity index (χ1n) is 10.1. The number of aromatic nitrogens is 2. The van der Waals surface area contributed by atoms with Crippen LogP contribution < -0.4 is 15.0 Å². The van der Waals surface area contributed by atoms with Gasteiger partial charge in [-0.25, -0.2) is 14.8 Å². The number of carbonyl (C=O) groups is 1. The molecule has 1 fully saturated rings. The van der Waals surface area contributed by atoms with Gasteiger partial charge in [-0.15, -0.1) is 0 Å². The molecular formula is C22H31N5O2. The van der Waals surface area contributed by atoms with E-state index >= 15 is 0 Å². The lowest BCUT2D eigenvalue weighted by Crippen LogP contribution is -2.46. The molecule has 0 aliphatic carbocycles. The van der Waals surface area contributed by atoms with Crippen molar-refractivity contribution >= 4 is 17.5 Å². The first-order valence-corrected chi connectivity index (χ1v) is 10.1. The van der Waals surface area contributed by atoms with Crippen molar-refractivity contribution in [1.29, 1.82) is 0 Å². The number of likely N-dealkylation sites (tertiary alicyclic amines) is 1. The number of nitrogens with one attached hydrogen (secondary N) is 1. The molecule has 3 rings (SSSR count). The van der Waals surface area contributed by atoms with E-state index in [1.54, 1.807) is 17.3 Å². The molecule has 29 heavy (non-hydrogen) atoms. The predicted octanol–water partition coefficient (Wildman–Crippen LogP) is 3.92. The number of piperidine rings is 1. The lowest BCUT2D eigenvalue weighted by atomic mass is 9.87. The maximum atomic E-state index is 12.7. The van der Waals surface area contributed by atoms with Crippen LogP contribution in [0.1, 0.15) is 39.2 Å². The Balaban J connectivity index is 1.61. The number of hydrogen-bond donors (Lipinski definition) is 1. The van der Waals surface area contributed by atoms with Gasteiger partial charge in [0, 0.05) is 38.7 Å². The van der Waals surface area contributed by atoms with Gasteiger partial charge in [-0.2, -0.15) is 0 Å². The Morgan fingerprint density at radius 2 is 1.86 bits per heavy atom. The highest BCUT2D eigenvalue weighted by Crippen LogP contribution is 2.25. The smallest absolute Gasteiger partial charge is 0.321 e. The topological polar surface area (TPSA) is 70.6 Å². The van der Waals surface area contributed by atoms with Gasteiger partial charge in [0.2, 0.25) is 0 Å². The first-order chi connectivity index (χ1) is 13.7. The molecule has 0 bridgehead atoms. The molecule has 1 saturated heterocycles. The molecule has 1 aliphatic heterocycles. The van der Waals surface area contributed by atoms with E-state index in [4.69, 9.17) is 4.74 Å². The highest BCUT2D eigenvalue weighted by molar-refractivity contribution is 5.89. The van der Waals surface area contributed by atoms with Gasteiger partial charge < -0.3 is 19.9 Å². The molecule has 7 nitrogen and oxygen atoms in total. The molecular weight excluding hydrogens is 366 g/mol. The van der Waals surface area contributed by atoms with E-state index in [0.717, 1.165) is 18.5 Å².